The minimum atomic E-state index is -0.130. The van der Waals surface area contributed by atoms with Gasteiger partial charge >= 0.3 is 0 Å². The van der Waals surface area contributed by atoms with Crippen LogP contribution in [0.1, 0.15) is 38.8 Å². The third kappa shape index (κ3) is 5.35. The van der Waals surface area contributed by atoms with Crippen molar-refractivity contribution in [1.29, 1.82) is 0 Å². The minimum Gasteiger partial charge on any atom is -0.456 e. The molecule has 3 heterocycles. The first-order valence-corrected chi connectivity index (χ1v) is 20.4. The second kappa shape index (κ2) is 13.4. The number of hydrogen-bond acceptors (Lipinski definition) is 4. The Bertz CT molecular complexity index is 3450. The number of benzene rings is 8. The number of hydrogen-bond donors (Lipinski definition) is 0. The Morgan fingerprint density at radius 3 is 1.93 bits per heavy atom. The summed E-state index contributed by atoms with van der Waals surface area (Å²) in [6.45, 7) is 8.68. The van der Waals surface area contributed by atoms with Crippen molar-refractivity contribution in [2.45, 2.75) is 33.1 Å². The van der Waals surface area contributed by atoms with Gasteiger partial charge in [0.25, 0.3) is 0 Å². The van der Waals surface area contributed by atoms with Gasteiger partial charge in [-0.2, -0.15) is 9.97 Å². The molecule has 0 bridgehead atoms. The summed E-state index contributed by atoms with van der Waals surface area (Å²) < 4.78 is 8.60. The maximum atomic E-state index is 6.34. The molecule has 0 unspecified atom stereocenters. The fourth-order valence-electron chi connectivity index (χ4n) is 9.24. The van der Waals surface area contributed by atoms with Gasteiger partial charge in [-0.3, -0.25) is 4.57 Å². The Kier molecular flexibility index (Phi) is 7.89. The molecule has 11 aromatic rings. The van der Waals surface area contributed by atoms with Crippen molar-refractivity contribution in [3.63, 3.8) is 0 Å². The highest BCUT2D eigenvalue weighted by Gasteiger charge is 2.35. The van der Waals surface area contributed by atoms with Crippen molar-refractivity contribution < 1.29 is 4.42 Å². The average molecular weight is 761 g/mol. The van der Waals surface area contributed by atoms with Crippen LogP contribution in [0.15, 0.2) is 174 Å². The molecule has 8 aromatic carbocycles. The van der Waals surface area contributed by atoms with Crippen LogP contribution in [0.4, 0.5) is 0 Å². The summed E-state index contributed by atoms with van der Waals surface area (Å²) in [5.41, 5.74) is 13.0. The van der Waals surface area contributed by atoms with Gasteiger partial charge in [0.1, 0.15) is 11.2 Å². The monoisotopic (exact) mass is 760 g/mol. The first kappa shape index (κ1) is 34.8. The van der Waals surface area contributed by atoms with Crippen LogP contribution in [0.2, 0.25) is 0 Å². The van der Waals surface area contributed by atoms with Gasteiger partial charge in [0, 0.05) is 43.7 Å². The molecule has 59 heavy (non-hydrogen) atoms. The molecule has 0 aliphatic heterocycles. The standard InChI is InChI=1S/C52H34N4O.C2H6/c1-52(2)43-21-10-8-17-37(43)38-25-23-34(28-44(38)52)36-19-12-20-41-42-27-32-15-6-7-16-33(32)29-45(42)56(48(36)41)51-54-49(31-13-4-3-5-14-31)53-50(55-51)35-24-26-40-39-18-9-11-22-46(39)57-47(40)30-35;1-2/h3-30H,1-2H3;1-2H3. The average Bonchev–Trinajstić information content (AvgIpc) is 3.91. The largest absolute Gasteiger partial charge is 0.456 e. The lowest BCUT2D eigenvalue weighted by Gasteiger charge is -2.22. The predicted octanol–water partition coefficient (Wildman–Crippen LogP) is 14.4. The fourth-order valence-corrected chi connectivity index (χ4v) is 9.24. The van der Waals surface area contributed by atoms with Crippen molar-refractivity contribution in [2.75, 3.05) is 0 Å². The lowest BCUT2D eigenvalue weighted by molar-refractivity contribution is 0.660. The highest BCUT2D eigenvalue weighted by molar-refractivity contribution is 6.17. The van der Waals surface area contributed by atoms with E-state index in [0.717, 1.165) is 71.4 Å². The molecule has 1 aliphatic rings. The van der Waals surface area contributed by atoms with Crippen molar-refractivity contribution in [3.8, 4) is 51.0 Å². The maximum Gasteiger partial charge on any atom is 0.238 e. The van der Waals surface area contributed by atoms with Gasteiger partial charge in [0.2, 0.25) is 5.95 Å². The zero-order valence-electron chi connectivity index (χ0n) is 33.4. The van der Waals surface area contributed by atoms with Crippen LogP contribution in [0.25, 0.3) is 105 Å². The van der Waals surface area contributed by atoms with Crippen LogP contribution in [0.5, 0.6) is 0 Å². The molecule has 0 saturated heterocycles. The Morgan fingerprint density at radius 2 is 1.08 bits per heavy atom. The van der Waals surface area contributed by atoms with E-state index in [1.54, 1.807) is 0 Å². The van der Waals surface area contributed by atoms with Crippen molar-refractivity contribution in [2.24, 2.45) is 0 Å². The second-order valence-corrected chi connectivity index (χ2v) is 15.6. The van der Waals surface area contributed by atoms with Gasteiger partial charge in [-0.25, -0.2) is 4.98 Å². The van der Waals surface area contributed by atoms with Crippen LogP contribution in [0.3, 0.4) is 0 Å². The second-order valence-electron chi connectivity index (χ2n) is 15.6. The molecule has 0 atom stereocenters. The summed E-state index contributed by atoms with van der Waals surface area (Å²) in [7, 11) is 0. The molecular formula is C54H40N4O. The molecule has 0 N–H and O–H groups in total. The number of furan rings is 1. The topological polar surface area (TPSA) is 56.7 Å². The van der Waals surface area contributed by atoms with E-state index < -0.39 is 0 Å². The Hall–Kier alpha value is -7.37. The first-order chi connectivity index (χ1) is 29.0. The zero-order chi connectivity index (χ0) is 39.8. The van der Waals surface area contributed by atoms with Crippen LogP contribution in [-0.2, 0) is 5.41 Å². The molecule has 3 aromatic heterocycles. The van der Waals surface area contributed by atoms with E-state index >= 15 is 0 Å². The lowest BCUT2D eigenvalue weighted by atomic mass is 9.81. The molecule has 0 radical (unpaired) electrons. The summed E-state index contributed by atoms with van der Waals surface area (Å²) in [5.74, 6) is 1.73. The van der Waals surface area contributed by atoms with Gasteiger partial charge in [0.15, 0.2) is 11.6 Å². The third-order valence-corrected chi connectivity index (χ3v) is 12.0. The Morgan fingerprint density at radius 1 is 0.441 bits per heavy atom. The van der Waals surface area contributed by atoms with E-state index in [4.69, 9.17) is 19.4 Å². The third-order valence-electron chi connectivity index (χ3n) is 12.0. The summed E-state index contributed by atoms with van der Waals surface area (Å²) in [4.78, 5) is 15.8. The number of aromatic nitrogens is 4. The lowest BCUT2D eigenvalue weighted by Crippen LogP contribution is -2.14. The molecule has 0 spiro atoms. The molecule has 282 valence electrons. The normalized spacial score (nSPS) is 12.9. The summed E-state index contributed by atoms with van der Waals surface area (Å²) in [6, 6.07) is 60.2. The van der Waals surface area contributed by atoms with E-state index in [0.29, 0.717) is 17.6 Å². The zero-order valence-corrected chi connectivity index (χ0v) is 33.4. The summed E-state index contributed by atoms with van der Waals surface area (Å²) >= 11 is 0. The van der Waals surface area contributed by atoms with Gasteiger partial charge in [-0.15, -0.1) is 0 Å². The van der Waals surface area contributed by atoms with Crippen LogP contribution >= 0.6 is 0 Å². The highest BCUT2D eigenvalue weighted by atomic mass is 16.3. The molecule has 0 saturated carbocycles. The van der Waals surface area contributed by atoms with E-state index in [9.17, 15) is 0 Å². The van der Waals surface area contributed by atoms with Gasteiger partial charge < -0.3 is 4.42 Å². The van der Waals surface area contributed by atoms with E-state index in [1.807, 2.05) is 50.2 Å². The Labute approximate surface area is 342 Å². The fraction of sp³-hybridized carbons (Fsp3) is 0.0926. The minimum absolute atomic E-state index is 0.130. The highest BCUT2D eigenvalue weighted by Crippen LogP contribution is 2.50. The molecule has 12 rings (SSSR count). The molecule has 0 amide bonds. The first-order valence-electron chi connectivity index (χ1n) is 20.4. The van der Waals surface area contributed by atoms with Gasteiger partial charge in [0.05, 0.1) is 11.0 Å². The molecule has 5 heteroatoms. The molecular weight excluding hydrogens is 721 g/mol. The van der Waals surface area contributed by atoms with Gasteiger partial charge in [-0.1, -0.05) is 161 Å². The Balaban J connectivity index is 0.00000196. The molecule has 5 nitrogen and oxygen atoms in total. The van der Waals surface area contributed by atoms with Crippen LogP contribution in [0, 0.1) is 0 Å². The predicted molar refractivity (Wildman–Crippen MR) is 244 cm³/mol. The number of rotatable bonds is 4. The van der Waals surface area contributed by atoms with Crippen molar-refractivity contribution in [1.82, 2.24) is 19.5 Å². The number of nitrogens with zero attached hydrogens (tertiary/aromatic N) is 4. The summed E-state index contributed by atoms with van der Waals surface area (Å²) in [6.07, 6.45) is 0. The van der Waals surface area contributed by atoms with Gasteiger partial charge in [-0.05, 0) is 75.0 Å². The van der Waals surface area contributed by atoms with Crippen molar-refractivity contribution >= 4 is 54.5 Å². The van der Waals surface area contributed by atoms with E-state index in [2.05, 4.69) is 152 Å². The number of para-hydroxylation sites is 2. The van der Waals surface area contributed by atoms with Crippen LogP contribution in [-0.4, -0.2) is 19.5 Å². The maximum absolute atomic E-state index is 6.34. The van der Waals surface area contributed by atoms with E-state index in [-0.39, 0.29) is 5.41 Å². The molecule has 1 aliphatic carbocycles. The SMILES string of the molecule is CC.CC1(C)c2ccccc2-c2ccc(-c3cccc4c5cc6ccccc6cc5n(-c5nc(-c6ccccc6)nc(-c6ccc7c(c6)oc6ccccc67)n5)c34)cc21. The van der Waals surface area contributed by atoms with Crippen molar-refractivity contribution in [3.05, 3.63) is 181 Å². The smallest absolute Gasteiger partial charge is 0.238 e. The number of fused-ring (bicyclic) bond motifs is 10. The quantitative estimate of drug-likeness (QED) is 0.179. The van der Waals surface area contributed by atoms with E-state index in [1.165, 1.54) is 27.6 Å². The van der Waals surface area contributed by atoms with Crippen LogP contribution < -0.4 is 0 Å². The molecule has 0 fully saturated rings. The summed E-state index contributed by atoms with van der Waals surface area (Å²) in [5, 5.41) is 6.78.